The van der Waals surface area contributed by atoms with E-state index in [1.54, 1.807) is 0 Å². The van der Waals surface area contributed by atoms with Gasteiger partial charge < -0.3 is 9.68 Å². The largest absolute Gasteiger partial charge is 0.569 e. The molecule has 0 saturated carbocycles. The third-order valence-electron chi connectivity index (χ3n) is 2.89. The fourth-order valence-electron chi connectivity index (χ4n) is 2.10. The second-order valence-corrected chi connectivity index (χ2v) is 3.90. The van der Waals surface area contributed by atoms with Crippen LogP contribution in [0.2, 0.25) is 0 Å². The Balaban J connectivity index is 2.35. The first-order valence-electron chi connectivity index (χ1n) is 5.42. The second-order valence-electron chi connectivity index (χ2n) is 3.90. The number of benzene rings is 3. The summed E-state index contributed by atoms with van der Waals surface area (Å²) in [6.45, 7) is 0. The average Bonchev–Trinajstić information content (AvgIpc) is 2.37. The van der Waals surface area contributed by atoms with Crippen LogP contribution in [-0.4, -0.2) is 12.7 Å². The molecule has 3 rings (SSSR count). The predicted octanol–water partition coefficient (Wildman–Crippen LogP) is 2.90. The molecule has 0 amide bonds. The molecular weight excluding hydrogens is 211 g/mol. The molecule has 0 aliphatic heterocycles. The van der Waals surface area contributed by atoms with Crippen LogP contribution in [0.5, 0.6) is 5.75 Å². The average molecular weight is 221 g/mol. The van der Waals surface area contributed by atoms with Gasteiger partial charge in [-0.25, -0.2) is 0 Å². The normalized spacial score (nSPS) is 10.6. The zero-order valence-corrected chi connectivity index (χ0v) is 9.13. The van der Waals surface area contributed by atoms with Crippen LogP contribution in [0.15, 0.2) is 54.6 Å². The van der Waals surface area contributed by atoms with Crippen LogP contribution in [0.4, 0.5) is 0 Å². The Kier molecular flexibility index (Phi) is 2.46. The van der Waals surface area contributed by atoms with Gasteiger partial charge in [-0.05, 0) is 34.4 Å². The van der Waals surface area contributed by atoms with Crippen LogP contribution in [0.25, 0.3) is 21.5 Å². The van der Waals surface area contributed by atoms with Crippen molar-refractivity contribution in [2.75, 3.05) is 0 Å². The topological polar surface area (TPSA) is 29.5 Å². The molecule has 3 aromatic rings. The summed E-state index contributed by atoms with van der Waals surface area (Å²) in [5.41, 5.74) is 0. The molecule has 17 heavy (non-hydrogen) atoms. The SMILES string of the molecule is O[B]Oc1cccc2cc3ccccc3cc12. The highest BCUT2D eigenvalue weighted by molar-refractivity contribution is 6.18. The van der Waals surface area contributed by atoms with Crippen LogP contribution in [0, 0.1) is 0 Å². The second kappa shape index (κ2) is 4.11. The van der Waals surface area contributed by atoms with E-state index in [2.05, 4.69) is 24.3 Å². The molecule has 0 spiro atoms. The van der Waals surface area contributed by atoms with E-state index in [9.17, 15) is 0 Å². The Hall–Kier alpha value is -2.00. The van der Waals surface area contributed by atoms with Gasteiger partial charge in [0.05, 0.1) is 0 Å². The molecule has 3 aromatic carbocycles. The van der Waals surface area contributed by atoms with Gasteiger partial charge in [-0.1, -0.05) is 36.4 Å². The van der Waals surface area contributed by atoms with Gasteiger partial charge in [0, 0.05) is 5.39 Å². The lowest BCUT2D eigenvalue weighted by molar-refractivity contribution is 0.457. The molecule has 0 unspecified atom stereocenters. The highest BCUT2D eigenvalue weighted by Crippen LogP contribution is 2.29. The van der Waals surface area contributed by atoms with Gasteiger partial charge in [-0.15, -0.1) is 0 Å². The lowest BCUT2D eigenvalue weighted by Gasteiger charge is -2.08. The third-order valence-corrected chi connectivity index (χ3v) is 2.89. The van der Waals surface area contributed by atoms with Crippen molar-refractivity contribution < 1.29 is 9.68 Å². The van der Waals surface area contributed by atoms with Crippen molar-refractivity contribution in [2.24, 2.45) is 0 Å². The minimum Gasteiger partial charge on any atom is -0.537 e. The summed E-state index contributed by atoms with van der Waals surface area (Å²) in [6.07, 6.45) is 0. The molecule has 0 saturated heterocycles. The number of rotatable bonds is 2. The summed E-state index contributed by atoms with van der Waals surface area (Å²) in [6, 6.07) is 18.2. The Morgan fingerprint density at radius 1 is 0.824 bits per heavy atom. The highest BCUT2D eigenvalue weighted by atomic mass is 16.5. The summed E-state index contributed by atoms with van der Waals surface area (Å²) < 4.78 is 5.10. The molecule has 81 valence electrons. The van der Waals surface area contributed by atoms with Crippen molar-refractivity contribution in [3.8, 4) is 5.75 Å². The maximum atomic E-state index is 8.75. The zero-order chi connectivity index (χ0) is 11.7. The molecule has 3 heteroatoms. The summed E-state index contributed by atoms with van der Waals surface area (Å²) in [5, 5.41) is 13.2. The van der Waals surface area contributed by atoms with Crippen molar-refractivity contribution in [1.29, 1.82) is 0 Å². The van der Waals surface area contributed by atoms with E-state index >= 15 is 0 Å². The lowest BCUT2D eigenvalue weighted by atomic mass is 10.0. The van der Waals surface area contributed by atoms with Crippen LogP contribution in [0.1, 0.15) is 0 Å². The molecule has 0 aromatic heterocycles. The first-order chi connectivity index (χ1) is 8.38. The molecule has 2 nitrogen and oxygen atoms in total. The summed E-state index contributed by atoms with van der Waals surface area (Å²) in [5.74, 6) is 0.663. The maximum absolute atomic E-state index is 8.75. The molecule has 0 atom stereocenters. The first kappa shape index (κ1) is 10.2. The van der Waals surface area contributed by atoms with E-state index in [-0.39, 0.29) is 0 Å². The minimum absolute atomic E-state index is 0.663. The zero-order valence-electron chi connectivity index (χ0n) is 9.13. The van der Waals surface area contributed by atoms with Gasteiger partial charge in [0.2, 0.25) is 0 Å². The van der Waals surface area contributed by atoms with Crippen LogP contribution < -0.4 is 4.65 Å². The molecule has 0 fully saturated rings. The molecule has 0 bridgehead atoms. The fourth-order valence-corrected chi connectivity index (χ4v) is 2.10. The van der Waals surface area contributed by atoms with Crippen LogP contribution in [-0.2, 0) is 0 Å². The third kappa shape index (κ3) is 1.75. The summed E-state index contributed by atoms with van der Waals surface area (Å²) in [7, 11) is 0.712. The molecule has 1 radical (unpaired) electrons. The minimum atomic E-state index is 0.663. The van der Waals surface area contributed by atoms with Gasteiger partial charge >= 0.3 is 7.69 Å². The molecule has 0 aliphatic rings. The Bertz CT molecular complexity index is 679. The van der Waals surface area contributed by atoms with Gasteiger partial charge in [0.25, 0.3) is 0 Å². The smallest absolute Gasteiger partial charge is 0.537 e. The first-order valence-corrected chi connectivity index (χ1v) is 5.42. The lowest BCUT2D eigenvalue weighted by Crippen LogP contribution is -2.00. The summed E-state index contributed by atoms with van der Waals surface area (Å²) >= 11 is 0. The van der Waals surface area contributed by atoms with Crippen molar-refractivity contribution >= 4 is 29.2 Å². The van der Waals surface area contributed by atoms with E-state index in [1.165, 1.54) is 5.39 Å². The Morgan fingerprint density at radius 2 is 1.53 bits per heavy atom. The van der Waals surface area contributed by atoms with E-state index in [4.69, 9.17) is 9.68 Å². The molecule has 1 N–H and O–H groups in total. The van der Waals surface area contributed by atoms with E-state index in [0.717, 1.165) is 16.2 Å². The van der Waals surface area contributed by atoms with Gasteiger partial charge in [0.1, 0.15) is 5.75 Å². The fraction of sp³-hybridized carbons (Fsp3) is 0. The van der Waals surface area contributed by atoms with E-state index in [0.29, 0.717) is 13.4 Å². The highest BCUT2D eigenvalue weighted by Gasteiger charge is 2.03. The molecular formula is C14H10BO2. The summed E-state index contributed by atoms with van der Waals surface area (Å²) in [4.78, 5) is 0. The number of hydrogen-bond donors (Lipinski definition) is 1. The van der Waals surface area contributed by atoms with Crippen molar-refractivity contribution in [1.82, 2.24) is 0 Å². The van der Waals surface area contributed by atoms with E-state index < -0.39 is 0 Å². The van der Waals surface area contributed by atoms with E-state index in [1.807, 2.05) is 30.3 Å². The van der Waals surface area contributed by atoms with Crippen LogP contribution in [0.3, 0.4) is 0 Å². The number of hydrogen-bond acceptors (Lipinski definition) is 2. The van der Waals surface area contributed by atoms with Crippen LogP contribution >= 0.6 is 0 Å². The van der Waals surface area contributed by atoms with Gasteiger partial charge in [0.15, 0.2) is 0 Å². The monoisotopic (exact) mass is 221 g/mol. The van der Waals surface area contributed by atoms with Crippen molar-refractivity contribution in [3.05, 3.63) is 54.6 Å². The standard InChI is InChI=1S/C14H10BO2/c16-15-17-14-7-3-6-12-8-10-4-1-2-5-11(10)9-13(12)14/h1-9,16H. The van der Waals surface area contributed by atoms with Gasteiger partial charge in [-0.3, -0.25) is 0 Å². The Morgan fingerprint density at radius 3 is 2.29 bits per heavy atom. The number of fused-ring (bicyclic) bond motifs is 2. The van der Waals surface area contributed by atoms with Crippen molar-refractivity contribution in [3.63, 3.8) is 0 Å². The maximum Gasteiger partial charge on any atom is 0.569 e. The molecule has 0 aliphatic carbocycles. The Labute approximate surface area is 99.8 Å². The van der Waals surface area contributed by atoms with Crippen molar-refractivity contribution in [2.45, 2.75) is 0 Å². The molecule has 0 heterocycles. The predicted molar refractivity (Wildman–Crippen MR) is 70.1 cm³/mol. The van der Waals surface area contributed by atoms with Gasteiger partial charge in [-0.2, -0.15) is 0 Å². The quantitative estimate of drug-likeness (QED) is 0.532.